The molecule has 0 aliphatic carbocycles. The third-order valence-electron chi connectivity index (χ3n) is 2.28. The van der Waals surface area contributed by atoms with Crippen LogP contribution in [0.15, 0.2) is 36.9 Å². The summed E-state index contributed by atoms with van der Waals surface area (Å²) in [6.45, 7) is 5.63. The van der Waals surface area contributed by atoms with Gasteiger partial charge < -0.3 is 0 Å². The lowest BCUT2D eigenvalue weighted by molar-refractivity contribution is 0.621. The van der Waals surface area contributed by atoms with Crippen molar-refractivity contribution in [2.24, 2.45) is 0 Å². The molecule has 0 aromatic heterocycles. The van der Waals surface area contributed by atoms with Crippen LogP contribution in [0.2, 0.25) is 0 Å². The van der Waals surface area contributed by atoms with Crippen LogP contribution >= 0.6 is 22.6 Å². The SMILES string of the molecule is C=CCC(C)(C#N)c1ccc(I)cc1. The first-order valence-electron chi connectivity index (χ1n) is 4.40. The lowest BCUT2D eigenvalue weighted by Crippen LogP contribution is -2.18. The first-order valence-corrected chi connectivity index (χ1v) is 5.48. The smallest absolute Gasteiger partial charge is 0.0828 e. The highest BCUT2D eigenvalue weighted by Crippen LogP contribution is 2.27. The monoisotopic (exact) mass is 297 g/mol. The molecule has 1 atom stereocenters. The molecule has 0 spiro atoms. The van der Waals surface area contributed by atoms with E-state index in [0.717, 1.165) is 5.56 Å². The van der Waals surface area contributed by atoms with Crippen molar-refractivity contribution < 1.29 is 0 Å². The highest BCUT2D eigenvalue weighted by molar-refractivity contribution is 14.1. The van der Waals surface area contributed by atoms with Gasteiger partial charge in [-0.3, -0.25) is 0 Å². The van der Waals surface area contributed by atoms with Gasteiger partial charge in [-0.15, -0.1) is 6.58 Å². The molecule has 0 bridgehead atoms. The molecule has 1 aromatic rings. The summed E-state index contributed by atoms with van der Waals surface area (Å²) in [5.41, 5.74) is 0.617. The molecule has 72 valence electrons. The number of nitriles is 1. The first-order chi connectivity index (χ1) is 6.62. The molecule has 0 N–H and O–H groups in total. The fourth-order valence-corrected chi connectivity index (χ4v) is 1.69. The highest BCUT2D eigenvalue weighted by Gasteiger charge is 2.24. The second-order valence-electron chi connectivity index (χ2n) is 3.44. The molecule has 14 heavy (non-hydrogen) atoms. The van der Waals surface area contributed by atoms with Crippen LogP contribution in [0.4, 0.5) is 0 Å². The Hall–Kier alpha value is -0.820. The molecule has 0 aliphatic rings. The van der Waals surface area contributed by atoms with E-state index in [-0.39, 0.29) is 0 Å². The molecule has 1 nitrogen and oxygen atoms in total. The molecule has 2 heteroatoms. The maximum atomic E-state index is 9.14. The van der Waals surface area contributed by atoms with Crippen molar-refractivity contribution in [2.45, 2.75) is 18.8 Å². The van der Waals surface area contributed by atoms with E-state index in [2.05, 4.69) is 35.2 Å². The lowest BCUT2D eigenvalue weighted by atomic mass is 9.81. The van der Waals surface area contributed by atoms with E-state index in [1.54, 1.807) is 6.08 Å². The molecule has 0 saturated heterocycles. The van der Waals surface area contributed by atoms with Gasteiger partial charge in [0.05, 0.1) is 11.5 Å². The van der Waals surface area contributed by atoms with Gasteiger partial charge in [-0.2, -0.15) is 5.26 Å². The van der Waals surface area contributed by atoms with Crippen LogP contribution in [-0.2, 0) is 5.41 Å². The number of halogens is 1. The van der Waals surface area contributed by atoms with E-state index in [4.69, 9.17) is 5.26 Å². The molecule has 0 radical (unpaired) electrons. The van der Waals surface area contributed by atoms with Gasteiger partial charge in [0.15, 0.2) is 0 Å². The Bertz CT molecular complexity index is 361. The summed E-state index contributed by atoms with van der Waals surface area (Å²) in [6.07, 6.45) is 2.48. The summed E-state index contributed by atoms with van der Waals surface area (Å²) < 4.78 is 1.19. The average molecular weight is 297 g/mol. The van der Waals surface area contributed by atoms with E-state index in [1.165, 1.54) is 3.57 Å². The van der Waals surface area contributed by atoms with Crippen molar-refractivity contribution in [3.63, 3.8) is 0 Å². The zero-order valence-electron chi connectivity index (χ0n) is 8.13. The summed E-state index contributed by atoms with van der Waals surface area (Å²) in [6, 6.07) is 10.4. The molecular formula is C12H12IN. The minimum atomic E-state index is -0.438. The summed E-state index contributed by atoms with van der Waals surface area (Å²) in [4.78, 5) is 0. The highest BCUT2D eigenvalue weighted by atomic mass is 127. The number of nitrogens with zero attached hydrogens (tertiary/aromatic N) is 1. The zero-order valence-corrected chi connectivity index (χ0v) is 10.3. The van der Waals surface area contributed by atoms with Crippen LogP contribution in [0.3, 0.4) is 0 Å². The number of rotatable bonds is 3. The molecule has 0 saturated carbocycles. The number of hydrogen-bond donors (Lipinski definition) is 0. The third-order valence-corrected chi connectivity index (χ3v) is 3.00. The van der Waals surface area contributed by atoms with E-state index in [0.29, 0.717) is 6.42 Å². The van der Waals surface area contributed by atoms with Crippen LogP contribution in [-0.4, -0.2) is 0 Å². The average Bonchev–Trinajstić information content (AvgIpc) is 2.19. The van der Waals surface area contributed by atoms with Crippen LogP contribution in [0, 0.1) is 14.9 Å². The van der Waals surface area contributed by atoms with Gasteiger partial charge in [-0.05, 0) is 53.6 Å². The van der Waals surface area contributed by atoms with Crippen LogP contribution in [0.25, 0.3) is 0 Å². The molecule has 0 aliphatic heterocycles. The molecule has 1 unspecified atom stereocenters. The summed E-state index contributed by atoms with van der Waals surface area (Å²) >= 11 is 2.26. The fourth-order valence-electron chi connectivity index (χ4n) is 1.33. The molecule has 1 aromatic carbocycles. The predicted molar refractivity (Wildman–Crippen MR) is 66.9 cm³/mol. The first kappa shape index (κ1) is 11.3. The second kappa shape index (κ2) is 4.61. The Kier molecular flexibility index (Phi) is 3.70. The second-order valence-corrected chi connectivity index (χ2v) is 4.69. The minimum Gasteiger partial charge on any atom is -0.197 e. The van der Waals surface area contributed by atoms with Crippen molar-refractivity contribution in [3.05, 3.63) is 46.1 Å². The van der Waals surface area contributed by atoms with E-state index in [9.17, 15) is 0 Å². The number of benzene rings is 1. The van der Waals surface area contributed by atoms with Gasteiger partial charge in [-0.1, -0.05) is 18.2 Å². The summed E-state index contributed by atoms with van der Waals surface area (Å²) in [7, 11) is 0. The molecule has 1 rings (SSSR count). The Balaban J connectivity index is 3.07. The van der Waals surface area contributed by atoms with Crippen molar-refractivity contribution in [3.8, 4) is 6.07 Å². The van der Waals surface area contributed by atoms with Gasteiger partial charge in [0.25, 0.3) is 0 Å². The number of hydrogen-bond acceptors (Lipinski definition) is 1. The maximum Gasteiger partial charge on any atom is 0.0828 e. The van der Waals surface area contributed by atoms with Gasteiger partial charge in [0.1, 0.15) is 0 Å². The van der Waals surface area contributed by atoms with Gasteiger partial charge >= 0.3 is 0 Å². The summed E-state index contributed by atoms with van der Waals surface area (Å²) in [5, 5.41) is 9.14. The maximum absolute atomic E-state index is 9.14. The lowest BCUT2D eigenvalue weighted by Gasteiger charge is -2.19. The van der Waals surface area contributed by atoms with Gasteiger partial charge in [-0.25, -0.2) is 0 Å². The normalized spacial score (nSPS) is 14.1. The predicted octanol–water partition coefficient (Wildman–Crippen LogP) is 3.65. The molecule has 0 amide bonds. The van der Waals surface area contributed by atoms with Crippen molar-refractivity contribution in [1.82, 2.24) is 0 Å². The Labute approximate surface area is 98.6 Å². The molecule has 0 fully saturated rings. The Morgan fingerprint density at radius 3 is 2.50 bits per heavy atom. The van der Waals surface area contributed by atoms with E-state index >= 15 is 0 Å². The standard InChI is InChI=1S/C12H12IN/c1-3-8-12(2,9-14)10-4-6-11(13)7-5-10/h3-7H,1,8H2,2H3. The fraction of sp³-hybridized carbons (Fsp3) is 0.250. The quantitative estimate of drug-likeness (QED) is 0.617. The minimum absolute atomic E-state index is 0.438. The van der Waals surface area contributed by atoms with Crippen molar-refractivity contribution in [2.75, 3.05) is 0 Å². The van der Waals surface area contributed by atoms with Crippen LogP contribution in [0.5, 0.6) is 0 Å². The third kappa shape index (κ3) is 2.36. The van der Waals surface area contributed by atoms with Crippen LogP contribution in [0.1, 0.15) is 18.9 Å². The topological polar surface area (TPSA) is 23.8 Å². The van der Waals surface area contributed by atoms with Crippen molar-refractivity contribution >= 4 is 22.6 Å². The zero-order chi connectivity index (χ0) is 10.6. The Morgan fingerprint density at radius 1 is 1.50 bits per heavy atom. The van der Waals surface area contributed by atoms with E-state index < -0.39 is 5.41 Å². The molecular weight excluding hydrogens is 285 g/mol. The van der Waals surface area contributed by atoms with Crippen molar-refractivity contribution in [1.29, 1.82) is 5.26 Å². The molecule has 0 heterocycles. The summed E-state index contributed by atoms with van der Waals surface area (Å²) in [5.74, 6) is 0. The van der Waals surface area contributed by atoms with Gasteiger partial charge in [0.2, 0.25) is 0 Å². The largest absolute Gasteiger partial charge is 0.197 e. The van der Waals surface area contributed by atoms with Crippen LogP contribution < -0.4 is 0 Å². The number of allylic oxidation sites excluding steroid dienone is 1. The van der Waals surface area contributed by atoms with Gasteiger partial charge in [0, 0.05) is 3.57 Å². The Morgan fingerprint density at radius 2 is 2.07 bits per heavy atom. The van der Waals surface area contributed by atoms with E-state index in [1.807, 2.05) is 31.2 Å².